The van der Waals surface area contributed by atoms with Gasteiger partial charge < -0.3 is 5.73 Å². The van der Waals surface area contributed by atoms with E-state index in [1.54, 1.807) is 25.5 Å². The third-order valence-electron chi connectivity index (χ3n) is 3.45. The van der Waals surface area contributed by atoms with E-state index >= 15 is 0 Å². The summed E-state index contributed by atoms with van der Waals surface area (Å²) in [4.78, 5) is 0.0815. The fourth-order valence-electron chi connectivity index (χ4n) is 2.64. The van der Waals surface area contributed by atoms with Gasteiger partial charge in [-0.1, -0.05) is 19.3 Å². The first-order valence-corrected chi connectivity index (χ1v) is 8.56. The van der Waals surface area contributed by atoms with E-state index in [1.807, 2.05) is 0 Å². The molecule has 0 bridgehead atoms. The quantitative estimate of drug-likeness (QED) is 0.894. The summed E-state index contributed by atoms with van der Waals surface area (Å²) in [5.41, 5.74) is 5.48. The van der Waals surface area contributed by atoms with Gasteiger partial charge in [0, 0.05) is 5.54 Å². The zero-order valence-electron chi connectivity index (χ0n) is 12.4. The van der Waals surface area contributed by atoms with Crippen LogP contribution < -0.4 is 10.5 Å². The predicted molar refractivity (Wildman–Crippen MR) is 78.8 cm³/mol. The molecule has 0 aliphatic heterocycles. The van der Waals surface area contributed by atoms with Crippen molar-refractivity contribution >= 4 is 15.8 Å². The smallest absolute Gasteiger partial charge is 0.246 e. The molecule has 6 nitrogen and oxygen atoms in total. The minimum atomic E-state index is -3.62. The van der Waals surface area contributed by atoms with Gasteiger partial charge in [-0.15, -0.1) is 0 Å². The van der Waals surface area contributed by atoms with E-state index in [0.29, 0.717) is 0 Å². The largest absolute Gasteiger partial charge is 0.383 e. The summed E-state index contributed by atoms with van der Waals surface area (Å²) < 4.78 is 28.9. The van der Waals surface area contributed by atoms with Crippen molar-refractivity contribution in [1.82, 2.24) is 14.5 Å². The molecule has 0 aromatic carbocycles. The van der Waals surface area contributed by atoms with Crippen LogP contribution in [0.4, 0.5) is 5.82 Å². The van der Waals surface area contributed by atoms with Gasteiger partial charge >= 0.3 is 0 Å². The van der Waals surface area contributed by atoms with Crippen LogP contribution in [0.25, 0.3) is 0 Å². The summed E-state index contributed by atoms with van der Waals surface area (Å²) in [6, 6.07) is 0.224. The third-order valence-corrected chi connectivity index (χ3v) is 5.22. The first kappa shape index (κ1) is 15.3. The lowest BCUT2D eigenvalue weighted by molar-refractivity contribution is 0.333. The molecule has 2 rings (SSSR count). The molecule has 114 valence electrons. The maximum Gasteiger partial charge on any atom is 0.246 e. The molecule has 1 aromatic heterocycles. The van der Waals surface area contributed by atoms with Gasteiger partial charge in [-0.2, -0.15) is 5.10 Å². The van der Waals surface area contributed by atoms with Crippen molar-refractivity contribution in [2.75, 3.05) is 5.73 Å². The van der Waals surface area contributed by atoms with Crippen LogP contribution in [0.1, 0.15) is 58.9 Å². The van der Waals surface area contributed by atoms with E-state index in [4.69, 9.17) is 5.73 Å². The number of hydrogen-bond donors (Lipinski definition) is 2. The van der Waals surface area contributed by atoms with Crippen molar-refractivity contribution in [2.24, 2.45) is 0 Å². The van der Waals surface area contributed by atoms with Gasteiger partial charge in [-0.3, -0.25) is 0 Å². The highest BCUT2D eigenvalue weighted by molar-refractivity contribution is 7.89. The van der Waals surface area contributed by atoms with Crippen LogP contribution in [0.5, 0.6) is 0 Å². The molecule has 1 aromatic rings. The monoisotopic (exact) mass is 300 g/mol. The Labute approximate surface area is 120 Å². The zero-order chi connectivity index (χ0) is 15.0. The molecule has 1 heterocycles. The summed E-state index contributed by atoms with van der Waals surface area (Å²) in [5.74, 6) is 0.244. The first-order chi connectivity index (χ1) is 9.21. The summed E-state index contributed by atoms with van der Waals surface area (Å²) in [5, 5.41) is 4.21. The number of nitrogens with zero attached hydrogens (tertiary/aromatic N) is 2. The number of nitrogen functional groups attached to an aromatic ring is 1. The van der Waals surface area contributed by atoms with Crippen molar-refractivity contribution in [3.05, 3.63) is 6.20 Å². The fourth-order valence-corrected chi connectivity index (χ4v) is 4.11. The van der Waals surface area contributed by atoms with Gasteiger partial charge in [0.15, 0.2) is 0 Å². The standard InChI is InChI=1S/C13H24N4O2S/c1-13(2,3)16-20(18,19)11-9-15-17(12(11)14)10-7-5-4-6-8-10/h9-10,16H,4-8,14H2,1-3H3. The maximum atomic E-state index is 12.3. The molecule has 1 aliphatic rings. The Hall–Kier alpha value is -1.08. The zero-order valence-corrected chi connectivity index (χ0v) is 13.2. The molecule has 7 heteroatoms. The number of rotatable bonds is 3. The van der Waals surface area contributed by atoms with Crippen molar-refractivity contribution in [2.45, 2.75) is 69.4 Å². The van der Waals surface area contributed by atoms with Crippen LogP contribution in [-0.2, 0) is 10.0 Å². The van der Waals surface area contributed by atoms with Crippen LogP contribution in [0, 0.1) is 0 Å². The SMILES string of the molecule is CC(C)(C)NS(=O)(=O)c1cnn(C2CCCCC2)c1N. The van der Waals surface area contributed by atoms with Crippen LogP contribution in [0.3, 0.4) is 0 Å². The Morgan fingerprint density at radius 3 is 2.45 bits per heavy atom. The van der Waals surface area contributed by atoms with Crippen molar-refractivity contribution in [1.29, 1.82) is 0 Å². The molecule has 0 radical (unpaired) electrons. The van der Waals surface area contributed by atoms with E-state index in [9.17, 15) is 8.42 Å². The predicted octanol–water partition coefficient (Wildman–Crippen LogP) is 2.05. The highest BCUT2D eigenvalue weighted by atomic mass is 32.2. The normalized spacial score (nSPS) is 18.4. The highest BCUT2D eigenvalue weighted by Crippen LogP contribution is 2.31. The Kier molecular flexibility index (Phi) is 4.11. The number of hydrogen-bond acceptors (Lipinski definition) is 4. The molecular formula is C13H24N4O2S. The molecule has 0 saturated heterocycles. The first-order valence-electron chi connectivity index (χ1n) is 7.08. The molecule has 0 amide bonds. The maximum absolute atomic E-state index is 12.3. The molecule has 0 atom stereocenters. The number of nitrogens with one attached hydrogen (secondary N) is 1. The number of sulfonamides is 1. The van der Waals surface area contributed by atoms with Gasteiger partial charge in [-0.05, 0) is 33.6 Å². The summed E-state index contributed by atoms with van der Waals surface area (Å²) >= 11 is 0. The van der Waals surface area contributed by atoms with E-state index < -0.39 is 15.6 Å². The van der Waals surface area contributed by atoms with Crippen molar-refractivity contribution < 1.29 is 8.42 Å². The second kappa shape index (κ2) is 5.37. The molecule has 1 fully saturated rings. The van der Waals surface area contributed by atoms with Crippen LogP contribution in [-0.4, -0.2) is 23.7 Å². The Morgan fingerprint density at radius 2 is 1.90 bits per heavy atom. The lowest BCUT2D eigenvalue weighted by atomic mass is 9.96. The fraction of sp³-hybridized carbons (Fsp3) is 0.769. The van der Waals surface area contributed by atoms with Gasteiger partial charge in [0.05, 0.1) is 12.2 Å². The van der Waals surface area contributed by atoms with Gasteiger partial charge in [0.25, 0.3) is 0 Å². The lowest BCUT2D eigenvalue weighted by Crippen LogP contribution is -2.40. The lowest BCUT2D eigenvalue weighted by Gasteiger charge is -2.23. The van der Waals surface area contributed by atoms with Crippen molar-refractivity contribution in [3.8, 4) is 0 Å². The number of nitrogens with two attached hydrogens (primary N) is 1. The topological polar surface area (TPSA) is 90.0 Å². The Balaban J connectivity index is 2.28. The summed E-state index contributed by atoms with van der Waals surface area (Å²) in [6.07, 6.45) is 6.90. The molecule has 20 heavy (non-hydrogen) atoms. The summed E-state index contributed by atoms with van der Waals surface area (Å²) in [7, 11) is -3.62. The molecule has 0 unspecified atom stereocenters. The second-order valence-electron chi connectivity index (χ2n) is 6.49. The number of aromatic nitrogens is 2. The van der Waals surface area contributed by atoms with E-state index in [-0.39, 0.29) is 16.8 Å². The van der Waals surface area contributed by atoms with Crippen LogP contribution in [0.15, 0.2) is 11.1 Å². The average molecular weight is 300 g/mol. The second-order valence-corrected chi connectivity index (χ2v) is 8.14. The minimum absolute atomic E-state index is 0.0815. The Bertz CT molecular complexity index is 566. The third kappa shape index (κ3) is 3.32. The average Bonchev–Trinajstić information content (AvgIpc) is 2.70. The minimum Gasteiger partial charge on any atom is -0.383 e. The molecule has 0 spiro atoms. The Morgan fingerprint density at radius 1 is 1.30 bits per heavy atom. The van der Waals surface area contributed by atoms with E-state index in [1.165, 1.54) is 12.6 Å². The van der Waals surface area contributed by atoms with E-state index in [0.717, 1.165) is 25.7 Å². The molecule has 3 N–H and O–H groups in total. The van der Waals surface area contributed by atoms with Gasteiger partial charge in [0.1, 0.15) is 10.7 Å². The number of anilines is 1. The van der Waals surface area contributed by atoms with Gasteiger partial charge in [-0.25, -0.2) is 17.8 Å². The van der Waals surface area contributed by atoms with Crippen LogP contribution >= 0.6 is 0 Å². The van der Waals surface area contributed by atoms with Crippen molar-refractivity contribution in [3.63, 3.8) is 0 Å². The highest BCUT2D eigenvalue weighted by Gasteiger charge is 2.28. The summed E-state index contributed by atoms with van der Waals surface area (Å²) in [6.45, 7) is 5.39. The molecule has 1 saturated carbocycles. The van der Waals surface area contributed by atoms with Gasteiger partial charge in [0.2, 0.25) is 10.0 Å². The van der Waals surface area contributed by atoms with Crippen LogP contribution in [0.2, 0.25) is 0 Å². The van der Waals surface area contributed by atoms with E-state index in [2.05, 4.69) is 9.82 Å². The molecular weight excluding hydrogens is 276 g/mol. The molecule has 1 aliphatic carbocycles.